The minimum absolute atomic E-state index is 0.0513. The Morgan fingerprint density at radius 1 is 1.24 bits per heavy atom. The zero-order chi connectivity index (χ0) is 15.1. The summed E-state index contributed by atoms with van der Waals surface area (Å²) in [5.74, 6) is 1.43. The molecule has 0 fully saturated rings. The standard InChI is InChI=1S/C15H17N3O3/c1-2-9-16-15-8-3-12(10-17-15)11-21-14-6-4-13(5-7-14)18(19)20/h3-8,10H,2,9,11H2,1H3,(H,16,17). The number of non-ortho nitro benzene ring substituents is 1. The molecule has 21 heavy (non-hydrogen) atoms. The minimum atomic E-state index is -0.435. The maximum atomic E-state index is 10.5. The fourth-order valence-corrected chi connectivity index (χ4v) is 1.70. The highest BCUT2D eigenvalue weighted by atomic mass is 16.6. The lowest BCUT2D eigenvalue weighted by Crippen LogP contribution is -2.02. The molecule has 6 nitrogen and oxygen atoms in total. The van der Waals surface area contributed by atoms with Gasteiger partial charge in [0.25, 0.3) is 5.69 Å². The summed E-state index contributed by atoms with van der Waals surface area (Å²) in [6.45, 7) is 3.36. The second kappa shape index (κ2) is 7.23. The maximum absolute atomic E-state index is 10.5. The van der Waals surface area contributed by atoms with Gasteiger partial charge in [0, 0.05) is 30.4 Å². The second-order valence-electron chi connectivity index (χ2n) is 4.52. The van der Waals surface area contributed by atoms with Crippen molar-refractivity contribution >= 4 is 11.5 Å². The number of benzene rings is 1. The maximum Gasteiger partial charge on any atom is 0.269 e. The SMILES string of the molecule is CCCNc1ccc(COc2ccc([N+](=O)[O-])cc2)cn1. The molecule has 1 aromatic carbocycles. The van der Waals surface area contributed by atoms with E-state index in [1.165, 1.54) is 12.1 Å². The third kappa shape index (κ3) is 4.45. The van der Waals surface area contributed by atoms with E-state index in [2.05, 4.69) is 17.2 Å². The number of hydrogen-bond acceptors (Lipinski definition) is 5. The summed E-state index contributed by atoms with van der Waals surface area (Å²) < 4.78 is 5.56. The van der Waals surface area contributed by atoms with E-state index >= 15 is 0 Å². The number of ether oxygens (including phenoxy) is 1. The van der Waals surface area contributed by atoms with Crippen molar-refractivity contribution in [3.63, 3.8) is 0 Å². The molecule has 0 aliphatic rings. The van der Waals surface area contributed by atoms with Crippen molar-refractivity contribution in [3.8, 4) is 5.75 Å². The van der Waals surface area contributed by atoms with E-state index in [0.717, 1.165) is 24.3 Å². The van der Waals surface area contributed by atoms with Crippen molar-refractivity contribution in [2.75, 3.05) is 11.9 Å². The molecule has 0 spiro atoms. The van der Waals surface area contributed by atoms with Crippen LogP contribution in [0.3, 0.4) is 0 Å². The number of aromatic nitrogens is 1. The third-order valence-corrected chi connectivity index (χ3v) is 2.83. The summed E-state index contributed by atoms with van der Waals surface area (Å²) in [6, 6.07) is 9.86. The molecule has 0 radical (unpaired) electrons. The predicted octanol–water partition coefficient (Wildman–Crippen LogP) is 3.39. The van der Waals surface area contributed by atoms with Gasteiger partial charge in [0.1, 0.15) is 18.2 Å². The van der Waals surface area contributed by atoms with Crippen LogP contribution in [0, 0.1) is 10.1 Å². The van der Waals surface area contributed by atoms with Gasteiger partial charge in [-0.25, -0.2) is 4.98 Å². The van der Waals surface area contributed by atoms with Crippen LogP contribution in [0.4, 0.5) is 11.5 Å². The van der Waals surface area contributed by atoms with Crippen LogP contribution in [0.25, 0.3) is 0 Å². The van der Waals surface area contributed by atoms with Crippen LogP contribution in [0.5, 0.6) is 5.75 Å². The van der Waals surface area contributed by atoms with Crippen LogP contribution in [0.1, 0.15) is 18.9 Å². The van der Waals surface area contributed by atoms with Crippen molar-refractivity contribution in [1.82, 2.24) is 4.98 Å². The van der Waals surface area contributed by atoms with Crippen LogP contribution in [-0.4, -0.2) is 16.5 Å². The van der Waals surface area contributed by atoms with Crippen LogP contribution in [-0.2, 0) is 6.61 Å². The van der Waals surface area contributed by atoms with Crippen molar-refractivity contribution < 1.29 is 9.66 Å². The summed E-state index contributed by atoms with van der Waals surface area (Å²) in [4.78, 5) is 14.4. The molecule has 0 bridgehead atoms. The van der Waals surface area contributed by atoms with Crippen LogP contribution < -0.4 is 10.1 Å². The molecule has 2 rings (SSSR count). The smallest absolute Gasteiger partial charge is 0.269 e. The first-order chi connectivity index (χ1) is 10.2. The third-order valence-electron chi connectivity index (χ3n) is 2.83. The molecule has 6 heteroatoms. The van der Waals surface area contributed by atoms with Gasteiger partial charge in [-0.2, -0.15) is 0 Å². The fraction of sp³-hybridized carbons (Fsp3) is 0.267. The number of nitro benzene ring substituents is 1. The van der Waals surface area contributed by atoms with E-state index in [0.29, 0.717) is 12.4 Å². The molecule has 0 aliphatic heterocycles. The van der Waals surface area contributed by atoms with Gasteiger partial charge < -0.3 is 10.1 Å². The first-order valence-electron chi connectivity index (χ1n) is 6.75. The average Bonchev–Trinajstić information content (AvgIpc) is 2.52. The molecule has 110 valence electrons. The van der Waals surface area contributed by atoms with Gasteiger partial charge in [0.2, 0.25) is 0 Å². The molecule has 0 amide bonds. The Bertz CT molecular complexity index is 582. The van der Waals surface area contributed by atoms with Crippen molar-refractivity contribution in [1.29, 1.82) is 0 Å². The van der Waals surface area contributed by atoms with Gasteiger partial charge >= 0.3 is 0 Å². The molecule has 2 aromatic rings. The summed E-state index contributed by atoms with van der Waals surface area (Å²) in [6.07, 6.45) is 2.80. The quantitative estimate of drug-likeness (QED) is 0.624. The number of rotatable bonds is 7. The second-order valence-corrected chi connectivity index (χ2v) is 4.52. The molecule has 1 N–H and O–H groups in total. The Morgan fingerprint density at radius 3 is 2.57 bits per heavy atom. The Kier molecular flexibility index (Phi) is 5.09. The topological polar surface area (TPSA) is 77.3 Å². The van der Waals surface area contributed by atoms with Gasteiger partial charge in [-0.3, -0.25) is 10.1 Å². The Balaban J connectivity index is 1.88. The number of nitro groups is 1. The lowest BCUT2D eigenvalue weighted by atomic mass is 10.3. The Hall–Kier alpha value is -2.63. The summed E-state index contributed by atoms with van der Waals surface area (Å²) in [7, 11) is 0. The first kappa shape index (κ1) is 14.8. The average molecular weight is 287 g/mol. The number of anilines is 1. The predicted molar refractivity (Wildman–Crippen MR) is 80.4 cm³/mol. The van der Waals surface area contributed by atoms with Crippen LogP contribution in [0.15, 0.2) is 42.6 Å². The van der Waals surface area contributed by atoms with Crippen molar-refractivity contribution in [2.24, 2.45) is 0 Å². The van der Waals surface area contributed by atoms with E-state index in [4.69, 9.17) is 4.74 Å². The lowest BCUT2D eigenvalue weighted by Gasteiger charge is -2.07. The van der Waals surface area contributed by atoms with Crippen molar-refractivity contribution in [2.45, 2.75) is 20.0 Å². The highest BCUT2D eigenvalue weighted by Crippen LogP contribution is 2.18. The van der Waals surface area contributed by atoms with Crippen molar-refractivity contribution in [3.05, 3.63) is 58.3 Å². The normalized spacial score (nSPS) is 10.1. The fourth-order valence-electron chi connectivity index (χ4n) is 1.70. The van der Waals surface area contributed by atoms with E-state index in [1.807, 2.05) is 12.1 Å². The van der Waals surface area contributed by atoms with Gasteiger partial charge in [-0.05, 0) is 24.6 Å². The summed E-state index contributed by atoms with van der Waals surface area (Å²) >= 11 is 0. The molecule has 1 aromatic heterocycles. The Morgan fingerprint density at radius 2 is 2.00 bits per heavy atom. The number of pyridine rings is 1. The zero-order valence-electron chi connectivity index (χ0n) is 11.8. The molecule has 0 atom stereocenters. The Labute approximate surface area is 122 Å². The molecule has 0 unspecified atom stereocenters. The van der Waals surface area contributed by atoms with E-state index in [9.17, 15) is 10.1 Å². The van der Waals surface area contributed by atoms with E-state index in [1.54, 1.807) is 18.3 Å². The number of nitrogens with one attached hydrogen (secondary N) is 1. The van der Waals surface area contributed by atoms with Gasteiger partial charge in [-0.1, -0.05) is 13.0 Å². The van der Waals surface area contributed by atoms with Gasteiger partial charge in [0.15, 0.2) is 0 Å². The summed E-state index contributed by atoms with van der Waals surface area (Å²) in [5.41, 5.74) is 0.991. The molecule has 0 saturated heterocycles. The molecular weight excluding hydrogens is 270 g/mol. The minimum Gasteiger partial charge on any atom is -0.489 e. The van der Waals surface area contributed by atoms with E-state index < -0.39 is 4.92 Å². The highest BCUT2D eigenvalue weighted by Gasteiger charge is 2.04. The first-order valence-corrected chi connectivity index (χ1v) is 6.75. The number of nitrogens with zero attached hydrogens (tertiary/aromatic N) is 2. The molecule has 0 aliphatic carbocycles. The zero-order valence-corrected chi connectivity index (χ0v) is 11.8. The van der Waals surface area contributed by atoms with Gasteiger partial charge in [0.05, 0.1) is 4.92 Å². The lowest BCUT2D eigenvalue weighted by molar-refractivity contribution is -0.384. The largest absolute Gasteiger partial charge is 0.489 e. The van der Waals surface area contributed by atoms with E-state index in [-0.39, 0.29) is 5.69 Å². The monoisotopic (exact) mass is 287 g/mol. The summed E-state index contributed by atoms with van der Waals surface area (Å²) in [5, 5.41) is 13.7. The van der Waals surface area contributed by atoms with Crippen LogP contribution >= 0.6 is 0 Å². The molecular formula is C15H17N3O3. The van der Waals surface area contributed by atoms with Crippen LogP contribution in [0.2, 0.25) is 0 Å². The highest BCUT2D eigenvalue weighted by molar-refractivity contribution is 5.37. The molecule has 0 saturated carbocycles. The number of hydrogen-bond donors (Lipinski definition) is 1. The molecule has 1 heterocycles. The van der Waals surface area contributed by atoms with Gasteiger partial charge in [-0.15, -0.1) is 0 Å².